The summed E-state index contributed by atoms with van der Waals surface area (Å²) in [5.41, 5.74) is 6.68. The Bertz CT molecular complexity index is 1220. The van der Waals surface area contributed by atoms with Crippen LogP contribution in [0.4, 0.5) is 8.78 Å². The summed E-state index contributed by atoms with van der Waals surface area (Å²) < 4.78 is 33.2. The molecule has 4 rings (SSSR count). The monoisotopic (exact) mass is 437 g/mol. The number of ether oxygens (including phenoxy) is 1. The van der Waals surface area contributed by atoms with Crippen LogP contribution in [-0.2, 0) is 10.3 Å². The van der Waals surface area contributed by atoms with Gasteiger partial charge in [-0.15, -0.1) is 0 Å². The molecular weight excluding hydrogens is 416 g/mol. The first-order valence-corrected chi connectivity index (χ1v) is 9.85. The number of carbonyl (C=O) groups is 1. The summed E-state index contributed by atoms with van der Waals surface area (Å²) in [7, 11) is 1.52. The average Bonchev–Trinajstić information content (AvgIpc) is 3.00. The second-order valence-electron chi connectivity index (χ2n) is 7.51. The maximum absolute atomic E-state index is 14.7. The predicted octanol–water partition coefficient (Wildman–Crippen LogP) is 3.32. The molecule has 0 saturated carbocycles. The van der Waals surface area contributed by atoms with Crippen molar-refractivity contribution in [3.63, 3.8) is 0 Å². The van der Waals surface area contributed by atoms with Crippen molar-refractivity contribution in [3.8, 4) is 16.9 Å². The van der Waals surface area contributed by atoms with Crippen LogP contribution in [0.3, 0.4) is 0 Å². The van der Waals surface area contributed by atoms with E-state index in [1.807, 2.05) is 0 Å². The van der Waals surface area contributed by atoms with E-state index < -0.39 is 23.6 Å². The Morgan fingerprint density at radius 3 is 2.38 bits per heavy atom. The zero-order chi connectivity index (χ0) is 23.0. The van der Waals surface area contributed by atoms with Crippen molar-refractivity contribution < 1.29 is 18.3 Å². The molecule has 0 bridgehead atoms. The molecule has 0 fully saturated rings. The lowest BCUT2D eigenvalue weighted by atomic mass is 9.81. The number of halogens is 2. The summed E-state index contributed by atoms with van der Waals surface area (Å²) in [6.45, 7) is 3.02. The molecule has 2 N–H and O–H groups in total. The Kier molecular flexibility index (Phi) is 5.33. The Labute approximate surface area is 183 Å². The lowest BCUT2D eigenvalue weighted by molar-refractivity contribution is -0.129. The van der Waals surface area contributed by atoms with E-state index in [-0.39, 0.29) is 11.5 Å². The number of likely N-dealkylation sites (N-methyl/N-ethyl adjacent to an activating group) is 1. The average molecular weight is 437 g/mol. The van der Waals surface area contributed by atoms with Crippen molar-refractivity contribution in [2.75, 3.05) is 7.05 Å². The van der Waals surface area contributed by atoms with Gasteiger partial charge in [-0.25, -0.2) is 23.7 Å². The number of alkyl halides is 1. The van der Waals surface area contributed by atoms with Crippen molar-refractivity contribution >= 4 is 11.9 Å². The number of hydrogen-bond donors (Lipinski definition) is 1. The number of carbonyl (C=O) groups excluding carboxylic acids is 1. The molecule has 0 aliphatic carbocycles. The van der Waals surface area contributed by atoms with E-state index >= 15 is 0 Å². The molecule has 32 heavy (non-hydrogen) atoms. The van der Waals surface area contributed by atoms with E-state index in [0.717, 1.165) is 0 Å². The summed E-state index contributed by atoms with van der Waals surface area (Å²) in [5.74, 6) is -0.523. The molecule has 1 amide bonds. The second-order valence-corrected chi connectivity index (χ2v) is 7.51. The highest BCUT2D eigenvalue weighted by atomic mass is 19.1. The standard InChI is InChI=1S/C23H21F2N5O2/c1-13-8-16(5-7-20(13)32-14(2)24)23(21(31)30(3)22(26)29-23)17-4-6-19(25)18(9-17)15-10-27-12-28-11-15/h4-12,14H,1-3H3,(H2,26,29). The van der Waals surface area contributed by atoms with E-state index in [0.29, 0.717) is 28.0 Å². The Hall–Kier alpha value is -3.88. The van der Waals surface area contributed by atoms with Crippen molar-refractivity contribution in [2.45, 2.75) is 25.7 Å². The molecule has 9 heteroatoms. The topological polar surface area (TPSA) is 93.7 Å². The van der Waals surface area contributed by atoms with Crippen LogP contribution in [0.1, 0.15) is 23.6 Å². The number of aryl methyl sites for hydroxylation is 1. The quantitative estimate of drug-likeness (QED) is 0.661. The fourth-order valence-corrected chi connectivity index (χ4v) is 3.78. The van der Waals surface area contributed by atoms with Gasteiger partial charge in [0.15, 0.2) is 11.5 Å². The molecule has 0 radical (unpaired) electrons. The van der Waals surface area contributed by atoms with Crippen LogP contribution in [0.5, 0.6) is 5.75 Å². The molecule has 2 aromatic carbocycles. The second kappa shape index (κ2) is 7.99. The number of aliphatic imine (C=N–C) groups is 1. The number of rotatable bonds is 5. The van der Waals surface area contributed by atoms with Crippen molar-refractivity contribution in [1.29, 1.82) is 0 Å². The highest BCUT2D eigenvalue weighted by Gasteiger charge is 2.50. The van der Waals surface area contributed by atoms with Crippen LogP contribution >= 0.6 is 0 Å². The summed E-state index contributed by atoms with van der Waals surface area (Å²) in [5, 5.41) is 0. The lowest BCUT2D eigenvalue weighted by Crippen LogP contribution is -2.41. The zero-order valence-electron chi connectivity index (χ0n) is 17.7. The summed E-state index contributed by atoms with van der Waals surface area (Å²) >= 11 is 0. The molecule has 2 atom stereocenters. The van der Waals surface area contributed by atoms with Gasteiger partial charge in [0, 0.05) is 37.5 Å². The molecule has 1 aliphatic heterocycles. The maximum Gasteiger partial charge on any atom is 0.266 e. The minimum atomic E-state index is -1.54. The third-order valence-electron chi connectivity index (χ3n) is 5.38. The van der Waals surface area contributed by atoms with E-state index in [9.17, 15) is 13.6 Å². The van der Waals surface area contributed by atoms with Crippen molar-refractivity contribution in [2.24, 2.45) is 10.7 Å². The molecule has 164 valence electrons. The summed E-state index contributed by atoms with van der Waals surface area (Å²) in [4.78, 5) is 27.1. The Balaban J connectivity index is 1.93. The summed E-state index contributed by atoms with van der Waals surface area (Å²) in [6, 6.07) is 9.22. The number of hydrogen-bond acceptors (Lipinski definition) is 6. The van der Waals surface area contributed by atoms with Gasteiger partial charge in [0.25, 0.3) is 5.91 Å². The van der Waals surface area contributed by atoms with Crippen LogP contribution < -0.4 is 10.5 Å². The van der Waals surface area contributed by atoms with Gasteiger partial charge in [-0.2, -0.15) is 0 Å². The van der Waals surface area contributed by atoms with Crippen LogP contribution in [0.15, 0.2) is 60.1 Å². The first kappa shape index (κ1) is 21.4. The van der Waals surface area contributed by atoms with E-state index in [1.165, 1.54) is 49.7 Å². The normalized spacial score (nSPS) is 19.1. The highest BCUT2D eigenvalue weighted by Crippen LogP contribution is 2.42. The number of benzene rings is 2. The molecule has 0 saturated heterocycles. The van der Waals surface area contributed by atoms with Gasteiger partial charge in [-0.1, -0.05) is 12.1 Å². The Morgan fingerprint density at radius 2 is 1.78 bits per heavy atom. The molecule has 2 unspecified atom stereocenters. The molecule has 0 spiro atoms. The first-order valence-electron chi connectivity index (χ1n) is 9.85. The third-order valence-corrected chi connectivity index (χ3v) is 5.38. The lowest BCUT2D eigenvalue weighted by Gasteiger charge is -2.27. The SMILES string of the molecule is Cc1cc(C2(c3ccc(F)c(-c4cncnc4)c3)N=C(N)N(C)C2=O)ccc1OC(C)F. The Morgan fingerprint density at radius 1 is 1.12 bits per heavy atom. The first-order chi connectivity index (χ1) is 15.2. The van der Waals surface area contributed by atoms with E-state index in [1.54, 1.807) is 31.2 Å². The van der Waals surface area contributed by atoms with E-state index in [4.69, 9.17) is 10.5 Å². The fraction of sp³-hybridized carbons (Fsp3) is 0.217. The van der Waals surface area contributed by atoms with Gasteiger partial charge in [0.1, 0.15) is 17.9 Å². The number of guanidine groups is 1. The van der Waals surface area contributed by atoms with Crippen LogP contribution in [0, 0.1) is 12.7 Å². The van der Waals surface area contributed by atoms with Crippen LogP contribution in [0.2, 0.25) is 0 Å². The van der Waals surface area contributed by atoms with Gasteiger partial charge in [-0.05, 0) is 47.9 Å². The van der Waals surface area contributed by atoms with Gasteiger partial charge >= 0.3 is 0 Å². The molecule has 2 heterocycles. The highest BCUT2D eigenvalue weighted by molar-refractivity contribution is 6.09. The largest absolute Gasteiger partial charge is 0.460 e. The van der Waals surface area contributed by atoms with Gasteiger partial charge in [0.2, 0.25) is 6.36 Å². The summed E-state index contributed by atoms with van der Waals surface area (Å²) in [6.07, 6.45) is 2.82. The van der Waals surface area contributed by atoms with Crippen LogP contribution in [0.25, 0.3) is 11.1 Å². The molecule has 1 aromatic heterocycles. The predicted molar refractivity (Wildman–Crippen MR) is 115 cm³/mol. The minimum absolute atomic E-state index is 0.0271. The number of nitrogens with two attached hydrogens (primary N) is 1. The van der Waals surface area contributed by atoms with Gasteiger partial charge < -0.3 is 10.5 Å². The van der Waals surface area contributed by atoms with Gasteiger partial charge in [-0.3, -0.25) is 9.69 Å². The van der Waals surface area contributed by atoms with Crippen LogP contribution in [-0.4, -0.2) is 40.1 Å². The van der Waals surface area contributed by atoms with Gasteiger partial charge in [0.05, 0.1) is 0 Å². The molecular formula is C23H21F2N5O2. The minimum Gasteiger partial charge on any atom is -0.460 e. The van der Waals surface area contributed by atoms with E-state index in [2.05, 4.69) is 15.0 Å². The number of aromatic nitrogens is 2. The molecule has 1 aliphatic rings. The maximum atomic E-state index is 14.7. The molecule has 7 nitrogen and oxygen atoms in total. The smallest absolute Gasteiger partial charge is 0.266 e. The van der Waals surface area contributed by atoms with Crippen molar-refractivity contribution in [1.82, 2.24) is 14.9 Å². The van der Waals surface area contributed by atoms with Crippen molar-refractivity contribution in [3.05, 3.63) is 77.6 Å². The molecule has 3 aromatic rings. The fourth-order valence-electron chi connectivity index (χ4n) is 3.78. The zero-order valence-corrected chi connectivity index (χ0v) is 17.7. The number of nitrogens with zero attached hydrogens (tertiary/aromatic N) is 4. The third kappa shape index (κ3) is 3.45. The number of amides is 1.